The van der Waals surface area contributed by atoms with Crippen molar-refractivity contribution in [2.24, 2.45) is 14.1 Å². The molecule has 8 nitrogen and oxygen atoms in total. The molecule has 1 aliphatic carbocycles. The summed E-state index contributed by atoms with van der Waals surface area (Å²) < 4.78 is 44.1. The van der Waals surface area contributed by atoms with Crippen LogP contribution in [0.25, 0.3) is 33.9 Å². The molecule has 0 bridgehead atoms. The van der Waals surface area contributed by atoms with E-state index in [1.54, 1.807) is 40.7 Å². The van der Waals surface area contributed by atoms with Crippen molar-refractivity contribution in [2.75, 3.05) is 0 Å². The number of pyridine rings is 1. The monoisotopic (exact) mass is 504 g/mol. The lowest BCUT2D eigenvalue weighted by atomic mass is 10.1. The van der Waals surface area contributed by atoms with Crippen molar-refractivity contribution in [3.05, 3.63) is 77.6 Å². The molecular formula is C26H23F3N8. The Morgan fingerprint density at radius 1 is 1.03 bits per heavy atom. The van der Waals surface area contributed by atoms with Crippen LogP contribution in [0.15, 0.2) is 55.0 Å². The Bertz CT molecular complexity index is 1690. The van der Waals surface area contributed by atoms with Crippen LogP contribution in [0.5, 0.6) is 0 Å². The molecular weight excluding hydrogens is 481 g/mol. The minimum Gasteiger partial charge on any atom is -0.333 e. The highest BCUT2D eigenvalue weighted by atomic mass is 19.4. The third-order valence-corrected chi connectivity index (χ3v) is 6.70. The van der Waals surface area contributed by atoms with E-state index < -0.39 is 11.9 Å². The number of rotatable bonds is 5. The molecule has 4 aromatic heterocycles. The Labute approximate surface area is 209 Å². The van der Waals surface area contributed by atoms with Crippen molar-refractivity contribution in [3.63, 3.8) is 0 Å². The second-order valence-electron chi connectivity index (χ2n) is 9.34. The van der Waals surface area contributed by atoms with E-state index in [0.29, 0.717) is 29.5 Å². The van der Waals surface area contributed by atoms with E-state index in [1.165, 1.54) is 11.6 Å². The molecule has 0 spiro atoms. The Kier molecular flexibility index (Phi) is 5.25. The Balaban J connectivity index is 1.35. The van der Waals surface area contributed by atoms with Crippen LogP contribution in [-0.4, -0.2) is 33.6 Å². The number of aryl methyl sites for hydroxylation is 2. The molecule has 0 amide bonds. The highest BCUT2D eigenvalue weighted by Crippen LogP contribution is 2.42. The predicted octanol–water partition coefficient (Wildman–Crippen LogP) is 4.66. The van der Waals surface area contributed by atoms with Crippen molar-refractivity contribution >= 4 is 11.2 Å². The van der Waals surface area contributed by atoms with E-state index in [2.05, 4.69) is 15.0 Å². The van der Waals surface area contributed by atoms with Gasteiger partial charge >= 0.3 is 6.18 Å². The SMILES string of the molecule is Cn1cc(C(F)(F)F)nc1-c1ccc(Cn2c(=N)n(C)c3cnc(-c4cccnc4C4CC4)nc32)cc1. The van der Waals surface area contributed by atoms with Gasteiger partial charge in [-0.1, -0.05) is 24.3 Å². The molecule has 1 fully saturated rings. The molecule has 37 heavy (non-hydrogen) atoms. The van der Waals surface area contributed by atoms with Gasteiger partial charge in [0.25, 0.3) is 0 Å². The zero-order chi connectivity index (χ0) is 25.9. The summed E-state index contributed by atoms with van der Waals surface area (Å²) in [6, 6.07) is 11.0. The lowest BCUT2D eigenvalue weighted by Gasteiger charge is -2.08. The van der Waals surface area contributed by atoms with E-state index in [4.69, 9.17) is 10.4 Å². The molecule has 11 heteroatoms. The summed E-state index contributed by atoms with van der Waals surface area (Å²) in [5.41, 5.74) is 4.07. The summed E-state index contributed by atoms with van der Waals surface area (Å²) >= 11 is 0. The van der Waals surface area contributed by atoms with Gasteiger partial charge in [-0.3, -0.25) is 15.0 Å². The number of hydrogen-bond acceptors (Lipinski definition) is 5. The van der Waals surface area contributed by atoms with Crippen molar-refractivity contribution in [2.45, 2.75) is 31.5 Å². The van der Waals surface area contributed by atoms with E-state index >= 15 is 0 Å². The molecule has 1 saturated carbocycles. The number of benzene rings is 1. The lowest BCUT2D eigenvalue weighted by molar-refractivity contribution is -0.140. The van der Waals surface area contributed by atoms with Gasteiger partial charge in [-0.2, -0.15) is 13.2 Å². The number of aromatic nitrogens is 7. The first kappa shape index (κ1) is 23.1. The zero-order valence-electron chi connectivity index (χ0n) is 20.2. The first-order valence-corrected chi connectivity index (χ1v) is 11.8. The number of hydrogen-bond donors (Lipinski definition) is 1. The van der Waals surface area contributed by atoms with Crippen LogP contribution in [0.2, 0.25) is 0 Å². The Morgan fingerprint density at radius 3 is 2.46 bits per heavy atom. The van der Waals surface area contributed by atoms with Gasteiger partial charge in [-0.15, -0.1) is 0 Å². The van der Waals surface area contributed by atoms with E-state index in [-0.39, 0.29) is 11.4 Å². The second kappa shape index (κ2) is 8.39. The number of halogens is 3. The smallest absolute Gasteiger partial charge is 0.333 e. The van der Waals surface area contributed by atoms with Gasteiger partial charge in [-0.05, 0) is 30.5 Å². The number of nitrogens with zero attached hydrogens (tertiary/aromatic N) is 7. The third kappa shape index (κ3) is 4.09. The predicted molar refractivity (Wildman–Crippen MR) is 130 cm³/mol. The highest BCUT2D eigenvalue weighted by Gasteiger charge is 2.34. The van der Waals surface area contributed by atoms with Crippen molar-refractivity contribution < 1.29 is 13.2 Å². The summed E-state index contributed by atoms with van der Waals surface area (Å²) in [6.45, 7) is 0.365. The normalized spacial score (nSPS) is 14.0. The summed E-state index contributed by atoms with van der Waals surface area (Å²) in [6.07, 6.45) is 2.23. The number of nitrogens with one attached hydrogen (secondary N) is 1. The van der Waals surface area contributed by atoms with Crippen molar-refractivity contribution in [1.82, 2.24) is 33.6 Å². The fourth-order valence-electron chi connectivity index (χ4n) is 4.58. The van der Waals surface area contributed by atoms with Gasteiger partial charge < -0.3 is 9.13 Å². The van der Waals surface area contributed by atoms with Gasteiger partial charge in [0.1, 0.15) is 11.3 Å². The minimum absolute atomic E-state index is 0.234. The second-order valence-corrected chi connectivity index (χ2v) is 9.34. The summed E-state index contributed by atoms with van der Waals surface area (Å²) in [5.74, 6) is 1.25. The first-order chi connectivity index (χ1) is 17.7. The fraction of sp³-hybridized carbons (Fsp3) is 0.269. The summed E-state index contributed by atoms with van der Waals surface area (Å²) in [5, 5.41) is 8.66. The van der Waals surface area contributed by atoms with Crippen LogP contribution in [0, 0.1) is 5.41 Å². The summed E-state index contributed by atoms with van der Waals surface area (Å²) in [4.78, 5) is 17.8. The van der Waals surface area contributed by atoms with Gasteiger partial charge in [-0.25, -0.2) is 15.0 Å². The average Bonchev–Trinajstić information content (AvgIpc) is 3.62. The van der Waals surface area contributed by atoms with Crippen molar-refractivity contribution in [3.8, 4) is 22.8 Å². The fourth-order valence-corrected chi connectivity index (χ4v) is 4.58. The molecule has 0 aliphatic heterocycles. The molecule has 5 aromatic rings. The van der Waals surface area contributed by atoms with Crippen LogP contribution in [-0.2, 0) is 26.8 Å². The first-order valence-electron chi connectivity index (χ1n) is 11.8. The molecule has 1 aromatic carbocycles. The van der Waals surface area contributed by atoms with Crippen LogP contribution < -0.4 is 5.62 Å². The lowest BCUT2D eigenvalue weighted by Crippen LogP contribution is -2.23. The largest absolute Gasteiger partial charge is 0.434 e. The molecule has 0 radical (unpaired) electrons. The third-order valence-electron chi connectivity index (χ3n) is 6.70. The number of alkyl halides is 3. The highest BCUT2D eigenvalue weighted by molar-refractivity contribution is 5.74. The Hall–Kier alpha value is -4.28. The molecule has 0 unspecified atom stereocenters. The number of imidazole rings is 2. The van der Waals surface area contributed by atoms with Crippen LogP contribution in [0.1, 0.15) is 35.7 Å². The molecule has 1 aliphatic rings. The van der Waals surface area contributed by atoms with Gasteiger partial charge in [0.15, 0.2) is 17.2 Å². The molecule has 0 atom stereocenters. The maximum Gasteiger partial charge on any atom is 0.434 e. The van der Waals surface area contributed by atoms with Gasteiger partial charge in [0.2, 0.25) is 5.62 Å². The Morgan fingerprint density at radius 2 is 1.78 bits per heavy atom. The molecule has 4 heterocycles. The van der Waals surface area contributed by atoms with E-state index in [9.17, 15) is 13.2 Å². The summed E-state index contributed by atoms with van der Waals surface area (Å²) in [7, 11) is 3.34. The van der Waals surface area contributed by atoms with Crippen molar-refractivity contribution in [1.29, 1.82) is 5.41 Å². The quantitative estimate of drug-likeness (QED) is 0.377. The van der Waals surface area contributed by atoms with Gasteiger partial charge in [0.05, 0.1) is 18.4 Å². The number of fused-ring (bicyclic) bond motifs is 1. The molecule has 1 N–H and O–H groups in total. The average molecular weight is 505 g/mol. The topological polar surface area (TPSA) is 90.2 Å². The maximum atomic E-state index is 13.1. The van der Waals surface area contributed by atoms with E-state index in [0.717, 1.165) is 41.4 Å². The molecule has 6 rings (SSSR count). The van der Waals surface area contributed by atoms with Gasteiger partial charge in [0, 0.05) is 43.5 Å². The maximum absolute atomic E-state index is 13.1. The zero-order valence-corrected chi connectivity index (χ0v) is 20.2. The molecule has 188 valence electrons. The minimum atomic E-state index is -4.50. The van der Waals surface area contributed by atoms with Crippen LogP contribution >= 0.6 is 0 Å². The molecule has 0 saturated heterocycles. The van der Waals surface area contributed by atoms with Crippen LogP contribution in [0.4, 0.5) is 13.2 Å². The van der Waals surface area contributed by atoms with Crippen LogP contribution in [0.3, 0.4) is 0 Å². The standard InChI is InChI=1S/C26H23F3N8/c1-35-14-20(26(27,28)29)33-23(35)17-7-5-15(6-8-17)13-37-24-19(36(2)25(37)30)12-32-22(34-24)18-4-3-11-31-21(18)16-9-10-16/h3-8,11-12,14,16,30H,9-10,13H2,1-2H3. The van der Waals surface area contributed by atoms with E-state index in [1.807, 2.05) is 24.3 Å².